The van der Waals surface area contributed by atoms with E-state index in [1.54, 1.807) is 0 Å². The summed E-state index contributed by atoms with van der Waals surface area (Å²) in [6, 6.07) is 15.5. The van der Waals surface area contributed by atoms with E-state index in [0.717, 1.165) is 30.5 Å². The molecule has 1 aliphatic rings. The van der Waals surface area contributed by atoms with Crippen molar-refractivity contribution in [2.24, 2.45) is 11.7 Å². The number of nitrogens with two attached hydrogens (primary N) is 1. The van der Waals surface area contributed by atoms with E-state index in [1.165, 1.54) is 5.56 Å². The van der Waals surface area contributed by atoms with Crippen molar-refractivity contribution in [2.75, 3.05) is 18.4 Å². The highest BCUT2D eigenvalue weighted by atomic mass is 16.2. The van der Waals surface area contributed by atoms with Gasteiger partial charge >= 0.3 is 0 Å². The third-order valence-electron chi connectivity index (χ3n) is 5.44. The molecular weight excluding hydrogens is 374 g/mol. The van der Waals surface area contributed by atoms with Gasteiger partial charge in [-0.15, -0.1) is 0 Å². The molecule has 3 rings (SSSR count). The lowest BCUT2D eigenvalue weighted by Gasteiger charge is -2.23. The van der Waals surface area contributed by atoms with Crippen LogP contribution in [0.3, 0.4) is 0 Å². The average Bonchev–Trinajstić information content (AvgIpc) is 3.55. The van der Waals surface area contributed by atoms with Gasteiger partial charge in [0.25, 0.3) is 5.91 Å². The van der Waals surface area contributed by atoms with Gasteiger partial charge in [-0.3, -0.25) is 9.59 Å². The Labute approximate surface area is 179 Å². The van der Waals surface area contributed by atoms with Gasteiger partial charge < -0.3 is 16.0 Å². The van der Waals surface area contributed by atoms with E-state index in [0.29, 0.717) is 25.2 Å². The van der Waals surface area contributed by atoms with Crippen molar-refractivity contribution < 1.29 is 9.59 Å². The second kappa shape index (κ2) is 9.43. The van der Waals surface area contributed by atoms with Gasteiger partial charge in [0.1, 0.15) is 0 Å². The van der Waals surface area contributed by atoms with Crippen LogP contribution < -0.4 is 11.1 Å². The van der Waals surface area contributed by atoms with E-state index in [9.17, 15) is 9.59 Å². The predicted molar refractivity (Wildman–Crippen MR) is 121 cm³/mol. The van der Waals surface area contributed by atoms with Crippen molar-refractivity contribution in [3.63, 3.8) is 0 Å². The molecule has 3 N–H and O–H groups in total. The number of anilines is 1. The lowest BCUT2D eigenvalue weighted by Crippen LogP contribution is -2.33. The van der Waals surface area contributed by atoms with Crippen molar-refractivity contribution in [1.82, 2.24) is 4.90 Å². The SMILES string of the molecule is CC(C)(C)c1ccc(C(=O)Nc2cccc(CN(CCCN)C(=O)C3CC3)c2)cc1. The van der Waals surface area contributed by atoms with Crippen molar-refractivity contribution in [3.8, 4) is 0 Å². The number of nitrogens with one attached hydrogen (secondary N) is 1. The van der Waals surface area contributed by atoms with Crippen molar-refractivity contribution in [2.45, 2.75) is 52.0 Å². The molecule has 2 aromatic carbocycles. The van der Waals surface area contributed by atoms with Crippen LogP contribution in [0.4, 0.5) is 5.69 Å². The van der Waals surface area contributed by atoms with E-state index in [-0.39, 0.29) is 23.1 Å². The quantitative estimate of drug-likeness (QED) is 0.684. The molecule has 0 radical (unpaired) electrons. The molecule has 0 aliphatic heterocycles. The number of carbonyl (C=O) groups excluding carboxylic acids is 2. The first kappa shape index (κ1) is 22.0. The Morgan fingerprint density at radius 2 is 1.80 bits per heavy atom. The van der Waals surface area contributed by atoms with Crippen LogP contribution in [-0.2, 0) is 16.8 Å². The fourth-order valence-electron chi connectivity index (χ4n) is 3.43. The Kier molecular flexibility index (Phi) is 6.93. The van der Waals surface area contributed by atoms with Crippen LogP contribution in [0.2, 0.25) is 0 Å². The molecule has 2 amide bonds. The second-order valence-corrected chi connectivity index (χ2v) is 9.16. The molecule has 160 valence electrons. The summed E-state index contributed by atoms with van der Waals surface area (Å²) in [5.74, 6) is 0.264. The third-order valence-corrected chi connectivity index (χ3v) is 5.44. The molecule has 0 bridgehead atoms. The summed E-state index contributed by atoms with van der Waals surface area (Å²) in [6.07, 6.45) is 2.77. The number of amides is 2. The normalized spacial score (nSPS) is 13.7. The van der Waals surface area contributed by atoms with Gasteiger partial charge in [-0.1, -0.05) is 45.0 Å². The van der Waals surface area contributed by atoms with Crippen LogP contribution in [0.5, 0.6) is 0 Å². The Hall–Kier alpha value is -2.66. The molecule has 5 nitrogen and oxygen atoms in total. The Morgan fingerprint density at radius 1 is 1.10 bits per heavy atom. The minimum Gasteiger partial charge on any atom is -0.338 e. The summed E-state index contributed by atoms with van der Waals surface area (Å²) < 4.78 is 0. The number of nitrogens with zero attached hydrogens (tertiary/aromatic N) is 1. The standard InChI is InChI=1S/C25H33N3O2/c1-25(2,3)21-12-10-19(11-13-21)23(29)27-22-7-4-6-18(16-22)17-28(15-5-14-26)24(30)20-8-9-20/h4,6-7,10-13,16,20H,5,8-9,14-15,17,26H2,1-3H3,(H,27,29). The predicted octanol–water partition coefficient (Wildman–Crippen LogP) is 4.32. The van der Waals surface area contributed by atoms with Crippen LogP contribution >= 0.6 is 0 Å². The van der Waals surface area contributed by atoms with Crippen LogP contribution in [0.1, 0.15) is 61.5 Å². The average molecular weight is 408 g/mol. The smallest absolute Gasteiger partial charge is 0.255 e. The van der Waals surface area contributed by atoms with Gasteiger partial charge in [0, 0.05) is 30.3 Å². The Balaban J connectivity index is 1.66. The van der Waals surface area contributed by atoms with Crippen LogP contribution in [0.25, 0.3) is 0 Å². The van der Waals surface area contributed by atoms with Crippen molar-refractivity contribution in [3.05, 3.63) is 65.2 Å². The fraction of sp³-hybridized carbons (Fsp3) is 0.440. The molecule has 30 heavy (non-hydrogen) atoms. The largest absolute Gasteiger partial charge is 0.338 e. The molecule has 1 aliphatic carbocycles. The van der Waals surface area contributed by atoms with E-state index < -0.39 is 0 Å². The highest BCUT2D eigenvalue weighted by molar-refractivity contribution is 6.04. The Bertz CT molecular complexity index is 880. The third kappa shape index (κ3) is 5.92. The van der Waals surface area contributed by atoms with Crippen LogP contribution in [0, 0.1) is 5.92 Å². The van der Waals surface area contributed by atoms with Gasteiger partial charge in [0.05, 0.1) is 0 Å². The molecule has 0 saturated heterocycles. The van der Waals surface area contributed by atoms with E-state index in [1.807, 2.05) is 53.4 Å². The Morgan fingerprint density at radius 3 is 2.40 bits per heavy atom. The zero-order valence-electron chi connectivity index (χ0n) is 18.3. The highest BCUT2D eigenvalue weighted by Crippen LogP contribution is 2.31. The maximum atomic E-state index is 12.7. The molecule has 0 aromatic heterocycles. The van der Waals surface area contributed by atoms with Crippen molar-refractivity contribution >= 4 is 17.5 Å². The summed E-state index contributed by atoms with van der Waals surface area (Å²) in [5, 5.41) is 2.98. The highest BCUT2D eigenvalue weighted by Gasteiger charge is 2.33. The number of hydrogen-bond donors (Lipinski definition) is 2. The van der Waals surface area contributed by atoms with Gasteiger partial charge in [0.15, 0.2) is 0 Å². The second-order valence-electron chi connectivity index (χ2n) is 9.16. The first-order chi connectivity index (χ1) is 14.3. The minimum atomic E-state index is -0.137. The van der Waals surface area contributed by atoms with E-state index >= 15 is 0 Å². The summed E-state index contributed by atoms with van der Waals surface area (Å²) in [4.78, 5) is 27.1. The molecule has 5 heteroatoms. The fourth-order valence-corrected chi connectivity index (χ4v) is 3.43. The number of rotatable bonds is 8. The van der Waals surface area contributed by atoms with Gasteiger partial charge in [-0.05, 0) is 66.6 Å². The van der Waals surface area contributed by atoms with Gasteiger partial charge in [-0.25, -0.2) is 0 Å². The number of hydrogen-bond acceptors (Lipinski definition) is 3. The first-order valence-electron chi connectivity index (χ1n) is 10.8. The monoisotopic (exact) mass is 407 g/mol. The molecule has 0 spiro atoms. The van der Waals surface area contributed by atoms with Crippen LogP contribution in [-0.4, -0.2) is 29.8 Å². The zero-order chi connectivity index (χ0) is 21.7. The number of benzene rings is 2. The molecule has 1 fully saturated rings. The molecular formula is C25H33N3O2. The van der Waals surface area contributed by atoms with E-state index in [4.69, 9.17) is 5.73 Å². The number of carbonyl (C=O) groups is 2. The molecule has 0 heterocycles. The molecule has 0 unspecified atom stereocenters. The summed E-state index contributed by atoms with van der Waals surface area (Å²) in [5.41, 5.74) is 9.25. The topological polar surface area (TPSA) is 75.4 Å². The van der Waals surface area contributed by atoms with E-state index in [2.05, 4.69) is 26.1 Å². The van der Waals surface area contributed by atoms with Gasteiger partial charge in [-0.2, -0.15) is 0 Å². The molecule has 0 atom stereocenters. The maximum absolute atomic E-state index is 12.7. The summed E-state index contributed by atoms with van der Waals surface area (Å²) in [6.45, 7) is 8.23. The van der Waals surface area contributed by atoms with Gasteiger partial charge in [0.2, 0.25) is 5.91 Å². The zero-order valence-corrected chi connectivity index (χ0v) is 18.3. The lowest BCUT2D eigenvalue weighted by atomic mass is 9.87. The molecule has 2 aromatic rings. The maximum Gasteiger partial charge on any atom is 0.255 e. The lowest BCUT2D eigenvalue weighted by molar-refractivity contribution is -0.133. The van der Waals surface area contributed by atoms with Crippen LogP contribution in [0.15, 0.2) is 48.5 Å². The first-order valence-corrected chi connectivity index (χ1v) is 10.8. The minimum absolute atomic E-state index is 0.0526. The molecule has 1 saturated carbocycles. The summed E-state index contributed by atoms with van der Waals surface area (Å²) in [7, 11) is 0. The van der Waals surface area contributed by atoms with Crippen molar-refractivity contribution in [1.29, 1.82) is 0 Å². The summed E-state index contributed by atoms with van der Waals surface area (Å²) >= 11 is 0.